The van der Waals surface area contributed by atoms with Crippen molar-refractivity contribution in [3.05, 3.63) is 88.9 Å². The van der Waals surface area contributed by atoms with Crippen molar-refractivity contribution in [1.82, 2.24) is 0 Å². The maximum absolute atomic E-state index is 12.4. The number of carbonyl (C=O) groups excluding carboxylic acids is 1. The lowest BCUT2D eigenvalue weighted by Crippen LogP contribution is -2.12. The van der Waals surface area contributed by atoms with Crippen LogP contribution in [0.25, 0.3) is 0 Å². The second kappa shape index (κ2) is 7.72. The summed E-state index contributed by atoms with van der Waals surface area (Å²) in [4.78, 5) is 23.6. The Morgan fingerprint density at radius 2 is 1.62 bits per heavy atom. The van der Waals surface area contributed by atoms with Gasteiger partial charge in [-0.15, -0.1) is 0 Å². The number of ether oxygens (including phenoxy) is 1. The normalized spacial score (nSPS) is 10.2. The van der Waals surface area contributed by atoms with Crippen molar-refractivity contribution >= 4 is 29.2 Å². The molecule has 26 heavy (non-hydrogen) atoms. The van der Waals surface area contributed by atoms with Crippen LogP contribution in [0.1, 0.15) is 20.7 Å². The van der Waals surface area contributed by atoms with E-state index in [4.69, 9.17) is 21.4 Å². The van der Waals surface area contributed by atoms with E-state index in [1.165, 1.54) is 18.2 Å². The maximum Gasteiger partial charge on any atom is 0.337 e. The summed E-state index contributed by atoms with van der Waals surface area (Å²) < 4.78 is 5.71. The molecule has 0 heterocycles. The van der Waals surface area contributed by atoms with Gasteiger partial charge in [0.25, 0.3) is 5.91 Å². The van der Waals surface area contributed by atoms with Crippen LogP contribution in [0.4, 0.5) is 5.69 Å². The van der Waals surface area contributed by atoms with Gasteiger partial charge in [0.1, 0.15) is 11.5 Å². The highest BCUT2D eigenvalue weighted by molar-refractivity contribution is 6.33. The molecule has 5 nitrogen and oxygen atoms in total. The lowest BCUT2D eigenvalue weighted by molar-refractivity contribution is 0.0696. The fourth-order valence-corrected chi connectivity index (χ4v) is 2.49. The lowest BCUT2D eigenvalue weighted by atomic mass is 10.1. The van der Waals surface area contributed by atoms with Gasteiger partial charge in [0.05, 0.1) is 10.6 Å². The van der Waals surface area contributed by atoms with E-state index >= 15 is 0 Å². The van der Waals surface area contributed by atoms with Crippen LogP contribution < -0.4 is 10.1 Å². The third-order valence-electron chi connectivity index (χ3n) is 3.53. The highest BCUT2D eigenvalue weighted by Gasteiger charge is 2.12. The molecule has 0 aliphatic carbocycles. The number of para-hydroxylation sites is 1. The van der Waals surface area contributed by atoms with Gasteiger partial charge in [0, 0.05) is 11.3 Å². The monoisotopic (exact) mass is 367 g/mol. The molecule has 0 spiro atoms. The third kappa shape index (κ3) is 4.20. The minimum absolute atomic E-state index is 0.0781. The number of hydrogen-bond donors (Lipinski definition) is 2. The number of carbonyl (C=O) groups is 2. The first-order valence-corrected chi connectivity index (χ1v) is 8.08. The number of carboxylic acid groups (broad SMARTS) is 1. The Bertz CT molecular complexity index is 957. The number of carboxylic acids is 1. The topological polar surface area (TPSA) is 75.6 Å². The molecule has 3 aromatic rings. The lowest BCUT2D eigenvalue weighted by Gasteiger charge is -2.09. The van der Waals surface area contributed by atoms with Crippen LogP contribution in [0.2, 0.25) is 5.02 Å². The molecule has 1 amide bonds. The summed E-state index contributed by atoms with van der Waals surface area (Å²) in [7, 11) is 0. The predicted molar refractivity (Wildman–Crippen MR) is 99.3 cm³/mol. The number of hydrogen-bond acceptors (Lipinski definition) is 3. The molecule has 0 fully saturated rings. The molecule has 0 atom stereocenters. The van der Waals surface area contributed by atoms with Gasteiger partial charge in [-0.25, -0.2) is 4.79 Å². The Hall–Kier alpha value is -3.31. The van der Waals surface area contributed by atoms with Gasteiger partial charge in [0.15, 0.2) is 0 Å². The number of nitrogens with one attached hydrogen (secondary N) is 1. The zero-order valence-electron chi connectivity index (χ0n) is 13.5. The van der Waals surface area contributed by atoms with Gasteiger partial charge in [-0.1, -0.05) is 35.9 Å². The first-order chi connectivity index (χ1) is 12.5. The molecule has 0 saturated heterocycles. The van der Waals surface area contributed by atoms with Crippen molar-refractivity contribution < 1.29 is 19.4 Å². The van der Waals surface area contributed by atoms with Crippen LogP contribution in [0.3, 0.4) is 0 Å². The molecule has 0 aliphatic heterocycles. The van der Waals surface area contributed by atoms with Crippen LogP contribution in [0, 0.1) is 0 Å². The van der Waals surface area contributed by atoms with E-state index in [0.29, 0.717) is 22.7 Å². The smallest absolute Gasteiger partial charge is 0.337 e. The van der Waals surface area contributed by atoms with E-state index < -0.39 is 5.97 Å². The van der Waals surface area contributed by atoms with Crippen molar-refractivity contribution in [1.29, 1.82) is 0 Å². The van der Waals surface area contributed by atoms with Gasteiger partial charge in [-0.05, 0) is 48.5 Å². The maximum atomic E-state index is 12.4. The largest absolute Gasteiger partial charge is 0.478 e. The highest BCUT2D eigenvalue weighted by atomic mass is 35.5. The molecule has 3 aromatic carbocycles. The van der Waals surface area contributed by atoms with Gasteiger partial charge in [0.2, 0.25) is 0 Å². The Labute approximate surface area is 154 Å². The van der Waals surface area contributed by atoms with Gasteiger partial charge in [-0.2, -0.15) is 0 Å². The van der Waals surface area contributed by atoms with Crippen molar-refractivity contribution in [2.24, 2.45) is 0 Å². The standard InChI is InChI=1S/C20H14ClNO4/c21-18-10-9-14(12-17(18)20(24)25)22-19(23)13-5-4-8-16(11-13)26-15-6-2-1-3-7-15/h1-12H,(H,22,23)(H,24,25). The molecule has 0 radical (unpaired) electrons. The van der Waals surface area contributed by atoms with Crippen LogP contribution in [-0.2, 0) is 0 Å². The Kier molecular flexibility index (Phi) is 5.20. The molecule has 2 N–H and O–H groups in total. The molecular weight excluding hydrogens is 354 g/mol. The minimum Gasteiger partial charge on any atom is -0.478 e. The van der Waals surface area contributed by atoms with Crippen LogP contribution in [0.15, 0.2) is 72.8 Å². The second-order valence-electron chi connectivity index (χ2n) is 5.40. The van der Waals surface area contributed by atoms with E-state index in [1.807, 2.05) is 30.3 Å². The number of halogens is 1. The Balaban J connectivity index is 1.77. The number of aromatic carboxylic acids is 1. The van der Waals surface area contributed by atoms with Crippen molar-refractivity contribution in [3.8, 4) is 11.5 Å². The molecular formula is C20H14ClNO4. The predicted octanol–water partition coefficient (Wildman–Crippen LogP) is 5.08. The van der Waals surface area contributed by atoms with Gasteiger partial charge < -0.3 is 15.2 Å². The highest BCUT2D eigenvalue weighted by Crippen LogP contribution is 2.24. The Morgan fingerprint density at radius 1 is 0.885 bits per heavy atom. The zero-order chi connectivity index (χ0) is 18.5. The van der Waals surface area contributed by atoms with E-state index in [9.17, 15) is 9.59 Å². The first kappa shape index (κ1) is 17.5. The fourth-order valence-electron chi connectivity index (χ4n) is 2.30. The summed E-state index contributed by atoms with van der Waals surface area (Å²) in [5, 5.41) is 11.9. The molecule has 3 rings (SSSR count). The summed E-state index contributed by atoms with van der Waals surface area (Å²) >= 11 is 5.83. The molecule has 0 unspecified atom stereocenters. The summed E-state index contributed by atoms with van der Waals surface area (Å²) in [6, 6.07) is 20.2. The van der Waals surface area contributed by atoms with Crippen molar-refractivity contribution in [2.75, 3.05) is 5.32 Å². The summed E-state index contributed by atoms with van der Waals surface area (Å²) in [6.07, 6.45) is 0. The number of amides is 1. The van der Waals surface area contributed by atoms with E-state index in [1.54, 1.807) is 24.3 Å². The quantitative estimate of drug-likeness (QED) is 0.659. The first-order valence-electron chi connectivity index (χ1n) is 7.70. The van der Waals surface area contributed by atoms with Gasteiger partial charge >= 0.3 is 5.97 Å². The molecule has 0 aliphatic rings. The van der Waals surface area contributed by atoms with Crippen molar-refractivity contribution in [3.63, 3.8) is 0 Å². The molecule has 0 saturated carbocycles. The van der Waals surface area contributed by atoms with E-state index in [2.05, 4.69) is 5.32 Å². The van der Waals surface area contributed by atoms with E-state index in [0.717, 1.165) is 0 Å². The molecule has 130 valence electrons. The number of rotatable bonds is 5. The summed E-state index contributed by atoms with van der Waals surface area (Å²) in [5.74, 6) is -0.369. The fraction of sp³-hybridized carbons (Fsp3) is 0. The minimum atomic E-state index is -1.16. The second-order valence-corrected chi connectivity index (χ2v) is 5.80. The molecule has 0 aromatic heterocycles. The van der Waals surface area contributed by atoms with Gasteiger partial charge in [-0.3, -0.25) is 4.79 Å². The number of benzene rings is 3. The average molecular weight is 368 g/mol. The number of anilines is 1. The van der Waals surface area contributed by atoms with Crippen LogP contribution >= 0.6 is 11.6 Å². The summed E-state index contributed by atoms with van der Waals surface area (Å²) in [5.41, 5.74) is 0.641. The van der Waals surface area contributed by atoms with Crippen molar-refractivity contribution in [2.45, 2.75) is 0 Å². The third-order valence-corrected chi connectivity index (χ3v) is 3.86. The average Bonchev–Trinajstić information content (AvgIpc) is 2.64. The molecule has 6 heteroatoms. The SMILES string of the molecule is O=C(Nc1ccc(Cl)c(C(=O)O)c1)c1cccc(Oc2ccccc2)c1. The Morgan fingerprint density at radius 3 is 2.35 bits per heavy atom. The molecule has 0 bridgehead atoms. The van der Waals surface area contributed by atoms with Crippen LogP contribution in [-0.4, -0.2) is 17.0 Å². The van der Waals surface area contributed by atoms with E-state index in [-0.39, 0.29) is 16.5 Å². The summed E-state index contributed by atoms with van der Waals surface area (Å²) in [6.45, 7) is 0. The zero-order valence-corrected chi connectivity index (χ0v) is 14.2. The van der Waals surface area contributed by atoms with Crippen LogP contribution in [0.5, 0.6) is 11.5 Å².